The molecule has 0 saturated carbocycles. The fourth-order valence-corrected chi connectivity index (χ4v) is 2.48. The predicted octanol–water partition coefficient (Wildman–Crippen LogP) is 4.58. The van der Waals surface area contributed by atoms with Gasteiger partial charge in [0.1, 0.15) is 5.75 Å². The van der Waals surface area contributed by atoms with Crippen molar-refractivity contribution in [1.29, 1.82) is 0 Å². The fraction of sp³-hybridized carbons (Fsp3) is 0.158. The Morgan fingerprint density at radius 3 is 2.72 bits per heavy atom. The van der Waals surface area contributed by atoms with Crippen LogP contribution in [0.2, 0.25) is 5.02 Å². The van der Waals surface area contributed by atoms with Crippen molar-refractivity contribution in [3.05, 3.63) is 65.1 Å². The van der Waals surface area contributed by atoms with Gasteiger partial charge < -0.3 is 14.8 Å². The Balaban J connectivity index is 1.58. The molecule has 0 aliphatic heterocycles. The zero-order valence-corrected chi connectivity index (χ0v) is 14.4. The molecule has 128 valence electrons. The Labute approximate surface area is 150 Å². The normalized spacial score (nSPS) is 10.6. The van der Waals surface area contributed by atoms with Crippen LogP contribution in [0, 0.1) is 6.92 Å². The van der Waals surface area contributed by atoms with Gasteiger partial charge in [-0.3, -0.25) is 4.79 Å². The van der Waals surface area contributed by atoms with Crippen molar-refractivity contribution in [3.63, 3.8) is 0 Å². The highest BCUT2D eigenvalue weighted by molar-refractivity contribution is 6.30. The van der Waals surface area contributed by atoms with Gasteiger partial charge in [-0.15, -0.1) is 0 Å². The summed E-state index contributed by atoms with van der Waals surface area (Å²) < 4.78 is 5.67. The summed E-state index contributed by atoms with van der Waals surface area (Å²) in [5.74, 6) is 0.941. The number of nitrogens with zero attached hydrogens (tertiary/aromatic N) is 1. The molecule has 0 saturated heterocycles. The molecule has 0 unspecified atom stereocenters. The number of rotatable bonds is 5. The highest BCUT2D eigenvalue weighted by Gasteiger charge is 2.11. The SMILES string of the molecule is Cc1ccc(NC(=O)CCc2ncc(-c3ccc(Cl)cc3)o2)c(O)c1. The first-order valence-electron chi connectivity index (χ1n) is 7.81. The number of phenols is 1. The summed E-state index contributed by atoms with van der Waals surface area (Å²) in [6.45, 7) is 1.87. The fourth-order valence-electron chi connectivity index (χ4n) is 2.35. The molecule has 3 aromatic rings. The number of phenolic OH excluding ortho intramolecular Hbond substituents is 1. The molecule has 5 nitrogen and oxygen atoms in total. The lowest BCUT2D eigenvalue weighted by molar-refractivity contribution is -0.116. The minimum absolute atomic E-state index is 0.0505. The van der Waals surface area contributed by atoms with Crippen LogP contribution in [0.1, 0.15) is 17.9 Å². The maximum absolute atomic E-state index is 12.0. The van der Waals surface area contributed by atoms with E-state index in [0.29, 0.717) is 28.8 Å². The molecule has 3 rings (SSSR count). The van der Waals surface area contributed by atoms with Crippen molar-refractivity contribution in [1.82, 2.24) is 4.98 Å². The van der Waals surface area contributed by atoms with E-state index in [9.17, 15) is 9.90 Å². The van der Waals surface area contributed by atoms with Gasteiger partial charge in [0, 0.05) is 23.4 Å². The second-order valence-corrected chi connectivity index (χ2v) is 6.13. The van der Waals surface area contributed by atoms with Gasteiger partial charge in [-0.1, -0.05) is 17.7 Å². The molecule has 0 fully saturated rings. The van der Waals surface area contributed by atoms with Crippen molar-refractivity contribution in [2.45, 2.75) is 19.8 Å². The first kappa shape index (κ1) is 17.0. The van der Waals surface area contributed by atoms with E-state index in [-0.39, 0.29) is 18.1 Å². The van der Waals surface area contributed by atoms with Gasteiger partial charge in [-0.25, -0.2) is 4.98 Å². The number of nitrogens with one attached hydrogen (secondary N) is 1. The van der Waals surface area contributed by atoms with Crippen LogP contribution in [-0.2, 0) is 11.2 Å². The quantitative estimate of drug-likeness (QED) is 0.656. The van der Waals surface area contributed by atoms with E-state index in [2.05, 4.69) is 10.3 Å². The van der Waals surface area contributed by atoms with Crippen LogP contribution in [0.4, 0.5) is 5.69 Å². The Bertz CT molecular complexity index is 888. The van der Waals surface area contributed by atoms with Gasteiger partial charge in [-0.2, -0.15) is 0 Å². The third-order valence-electron chi connectivity index (χ3n) is 3.68. The van der Waals surface area contributed by atoms with Crippen molar-refractivity contribution in [3.8, 4) is 17.1 Å². The van der Waals surface area contributed by atoms with Gasteiger partial charge in [0.15, 0.2) is 11.7 Å². The Morgan fingerprint density at radius 1 is 1.24 bits per heavy atom. The third-order valence-corrected chi connectivity index (χ3v) is 3.93. The van der Waals surface area contributed by atoms with Crippen molar-refractivity contribution >= 4 is 23.2 Å². The van der Waals surface area contributed by atoms with E-state index in [0.717, 1.165) is 11.1 Å². The van der Waals surface area contributed by atoms with Crippen molar-refractivity contribution < 1.29 is 14.3 Å². The van der Waals surface area contributed by atoms with Gasteiger partial charge >= 0.3 is 0 Å². The second kappa shape index (κ2) is 7.40. The van der Waals surface area contributed by atoms with Crippen LogP contribution < -0.4 is 5.32 Å². The molecule has 1 aromatic heterocycles. The zero-order valence-electron chi connectivity index (χ0n) is 13.6. The largest absolute Gasteiger partial charge is 0.506 e. The Kier molecular flexibility index (Phi) is 5.05. The number of anilines is 1. The minimum atomic E-state index is -0.217. The topological polar surface area (TPSA) is 75.4 Å². The van der Waals surface area contributed by atoms with Crippen molar-refractivity contribution in [2.24, 2.45) is 0 Å². The molecular formula is C19H17ClN2O3. The number of amides is 1. The first-order chi connectivity index (χ1) is 12.0. The Hall–Kier alpha value is -2.79. The molecule has 0 aliphatic carbocycles. The molecule has 0 spiro atoms. The summed E-state index contributed by atoms with van der Waals surface area (Å²) in [6, 6.07) is 12.3. The Morgan fingerprint density at radius 2 is 2.00 bits per heavy atom. The lowest BCUT2D eigenvalue weighted by Gasteiger charge is -2.07. The van der Waals surface area contributed by atoms with Crippen LogP contribution in [0.5, 0.6) is 5.75 Å². The molecule has 6 heteroatoms. The van der Waals surface area contributed by atoms with E-state index in [4.69, 9.17) is 16.0 Å². The maximum atomic E-state index is 12.0. The number of hydrogen-bond donors (Lipinski definition) is 2. The van der Waals surface area contributed by atoms with Gasteiger partial charge in [0.25, 0.3) is 0 Å². The number of aryl methyl sites for hydroxylation is 2. The summed E-state index contributed by atoms with van der Waals surface area (Å²) in [6.07, 6.45) is 2.20. The standard InChI is InChI=1S/C19H17ClN2O3/c1-12-2-7-15(16(23)10-12)22-18(24)8-9-19-21-11-17(25-19)13-3-5-14(20)6-4-13/h2-7,10-11,23H,8-9H2,1H3,(H,22,24). The van der Waals surface area contributed by atoms with Crippen LogP contribution in [0.3, 0.4) is 0 Å². The maximum Gasteiger partial charge on any atom is 0.224 e. The lowest BCUT2D eigenvalue weighted by atomic mass is 10.2. The highest BCUT2D eigenvalue weighted by atomic mass is 35.5. The summed E-state index contributed by atoms with van der Waals surface area (Å²) in [7, 11) is 0. The molecule has 0 aliphatic rings. The van der Waals surface area contributed by atoms with Crippen molar-refractivity contribution in [2.75, 3.05) is 5.32 Å². The number of benzene rings is 2. The average molecular weight is 357 g/mol. The van der Waals surface area contributed by atoms with Crippen LogP contribution in [0.15, 0.2) is 53.1 Å². The number of halogens is 1. The van der Waals surface area contributed by atoms with Gasteiger partial charge in [0.05, 0.1) is 11.9 Å². The van der Waals surface area contributed by atoms with E-state index >= 15 is 0 Å². The zero-order chi connectivity index (χ0) is 17.8. The summed E-state index contributed by atoms with van der Waals surface area (Å²) in [5, 5.41) is 13.2. The molecule has 1 heterocycles. The van der Waals surface area contributed by atoms with Crippen LogP contribution in [-0.4, -0.2) is 16.0 Å². The predicted molar refractivity (Wildman–Crippen MR) is 96.7 cm³/mol. The second-order valence-electron chi connectivity index (χ2n) is 5.69. The molecule has 2 N–H and O–H groups in total. The molecule has 2 aromatic carbocycles. The molecule has 0 radical (unpaired) electrons. The van der Waals surface area contributed by atoms with Crippen LogP contribution in [0.25, 0.3) is 11.3 Å². The number of carbonyl (C=O) groups excluding carboxylic acids is 1. The minimum Gasteiger partial charge on any atom is -0.506 e. The van der Waals surface area contributed by atoms with E-state index in [1.165, 1.54) is 0 Å². The molecule has 25 heavy (non-hydrogen) atoms. The number of hydrogen-bond acceptors (Lipinski definition) is 4. The molecule has 0 bridgehead atoms. The van der Waals surface area contributed by atoms with E-state index < -0.39 is 0 Å². The lowest BCUT2D eigenvalue weighted by Crippen LogP contribution is -2.12. The highest BCUT2D eigenvalue weighted by Crippen LogP contribution is 2.25. The average Bonchev–Trinajstić information content (AvgIpc) is 3.05. The summed E-state index contributed by atoms with van der Waals surface area (Å²) in [5.41, 5.74) is 2.19. The molecule has 0 atom stereocenters. The van der Waals surface area contributed by atoms with E-state index in [1.54, 1.807) is 30.5 Å². The number of carbonyl (C=O) groups is 1. The summed E-state index contributed by atoms with van der Waals surface area (Å²) >= 11 is 5.87. The van der Waals surface area contributed by atoms with E-state index in [1.807, 2.05) is 25.1 Å². The molecule has 1 amide bonds. The number of oxazole rings is 1. The van der Waals surface area contributed by atoms with Gasteiger partial charge in [0.2, 0.25) is 5.91 Å². The number of aromatic nitrogens is 1. The van der Waals surface area contributed by atoms with Gasteiger partial charge in [-0.05, 0) is 48.9 Å². The third kappa shape index (κ3) is 4.39. The first-order valence-corrected chi connectivity index (χ1v) is 8.19. The molecular weight excluding hydrogens is 340 g/mol. The summed E-state index contributed by atoms with van der Waals surface area (Å²) in [4.78, 5) is 16.2. The monoisotopic (exact) mass is 356 g/mol. The van der Waals surface area contributed by atoms with Crippen LogP contribution >= 0.6 is 11.6 Å². The smallest absolute Gasteiger partial charge is 0.224 e. The number of aromatic hydroxyl groups is 1.